The van der Waals surface area contributed by atoms with Crippen molar-refractivity contribution in [3.63, 3.8) is 0 Å². The van der Waals surface area contributed by atoms with Gasteiger partial charge in [-0.15, -0.1) is 0 Å². The quantitative estimate of drug-likeness (QED) is 0.220. The van der Waals surface area contributed by atoms with E-state index in [1.807, 2.05) is 0 Å². The molecule has 0 unspecified atom stereocenters. The van der Waals surface area contributed by atoms with Crippen LogP contribution in [0.25, 0.3) is 22.4 Å². The van der Waals surface area contributed by atoms with Crippen molar-refractivity contribution in [2.75, 3.05) is 19.0 Å². The molecule has 6 nitrogen and oxygen atoms in total. The Morgan fingerprint density at radius 1 is 1.08 bits per heavy atom. The number of methoxy groups -OCH3 is 1. The number of halogens is 6. The molecule has 12 heteroatoms. The van der Waals surface area contributed by atoms with E-state index in [9.17, 15) is 31.1 Å². The summed E-state index contributed by atoms with van der Waals surface area (Å²) in [4.78, 5) is 12.7. The molecule has 0 saturated carbocycles. The predicted octanol–water partition coefficient (Wildman–Crippen LogP) is 6.20. The summed E-state index contributed by atoms with van der Waals surface area (Å²) in [5.41, 5.74) is -0.608. The molecule has 3 aromatic rings. The van der Waals surface area contributed by atoms with Gasteiger partial charge in [-0.3, -0.25) is 4.68 Å². The van der Waals surface area contributed by atoms with Gasteiger partial charge in [0.2, 0.25) is 0 Å². The number of esters is 1. The van der Waals surface area contributed by atoms with E-state index in [1.165, 1.54) is 30.0 Å². The first-order chi connectivity index (χ1) is 16.9. The van der Waals surface area contributed by atoms with E-state index in [2.05, 4.69) is 10.4 Å². The van der Waals surface area contributed by atoms with Crippen molar-refractivity contribution in [1.82, 2.24) is 9.78 Å². The summed E-state index contributed by atoms with van der Waals surface area (Å²) < 4.78 is 93.5. The number of aryl methyl sites for hydroxylation is 1. The average molecular weight is 515 g/mol. The number of hydrogen-bond donors (Lipinski definition) is 1. The van der Waals surface area contributed by atoms with Crippen molar-refractivity contribution in [2.24, 2.45) is 0 Å². The van der Waals surface area contributed by atoms with Crippen LogP contribution in [-0.4, -0.2) is 41.7 Å². The van der Waals surface area contributed by atoms with E-state index in [1.54, 1.807) is 13.8 Å². The Kier molecular flexibility index (Phi) is 7.85. The number of benzene rings is 2. The first-order valence-corrected chi connectivity index (χ1v) is 10.9. The van der Waals surface area contributed by atoms with Crippen LogP contribution in [0.2, 0.25) is 0 Å². The Bertz CT molecular complexity index is 1270. The van der Waals surface area contributed by atoms with Crippen LogP contribution in [-0.2, 0) is 11.3 Å². The van der Waals surface area contributed by atoms with E-state index >= 15 is 0 Å². The van der Waals surface area contributed by atoms with Gasteiger partial charge in [-0.1, -0.05) is 0 Å². The normalized spacial score (nSPS) is 12.4. The van der Waals surface area contributed by atoms with Crippen LogP contribution in [0, 0.1) is 17.5 Å². The van der Waals surface area contributed by atoms with Crippen molar-refractivity contribution < 1.29 is 40.6 Å². The van der Waals surface area contributed by atoms with Crippen molar-refractivity contribution in [1.29, 1.82) is 0 Å². The van der Waals surface area contributed by atoms with Crippen LogP contribution in [0.15, 0.2) is 30.3 Å². The molecule has 0 aliphatic rings. The van der Waals surface area contributed by atoms with Gasteiger partial charge < -0.3 is 14.8 Å². The highest BCUT2D eigenvalue weighted by molar-refractivity contribution is 6.01. The third-order valence-electron chi connectivity index (χ3n) is 5.36. The first-order valence-electron chi connectivity index (χ1n) is 10.9. The zero-order chi connectivity index (χ0) is 26.8. The maximum absolute atomic E-state index is 14.9. The molecular formula is C24H23F6N3O3. The summed E-state index contributed by atoms with van der Waals surface area (Å²) in [6, 6.07) is 3.83. The number of anilines is 1. The minimum Gasteiger partial charge on any atom is -0.496 e. The predicted molar refractivity (Wildman–Crippen MR) is 120 cm³/mol. The van der Waals surface area contributed by atoms with Crippen molar-refractivity contribution in [3.05, 3.63) is 53.5 Å². The fourth-order valence-corrected chi connectivity index (χ4v) is 3.59. The molecule has 3 rings (SSSR count). The minimum atomic E-state index is -4.50. The Hall–Kier alpha value is -3.70. The number of hydrogen-bond acceptors (Lipinski definition) is 5. The van der Waals surface area contributed by atoms with E-state index in [0.29, 0.717) is 6.07 Å². The lowest BCUT2D eigenvalue weighted by molar-refractivity contribution is -0.138. The standard InChI is InChI=1S/C24H23F6N3O3/c1-5-33-22(14-8-7-13(11-17(14)35-4)31-12(3)24(28,29)30)18(21(32-33)23(34)36-6-2)15-9-10-16(25)20(27)19(15)26/h7-12,31H,5-6H2,1-4H3/t12-/m1/s1. The highest BCUT2D eigenvalue weighted by Crippen LogP contribution is 2.42. The highest BCUT2D eigenvalue weighted by atomic mass is 19.4. The molecule has 0 bridgehead atoms. The van der Waals surface area contributed by atoms with E-state index < -0.39 is 41.2 Å². The number of aromatic nitrogens is 2. The van der Waals surface area contributed by atoms with Gasteiger partial charge in [0.15, 0.2) is 23.1 Å². The maximum atomic E-state index is 14.9. The van der Waals surface area contributed by atoms with Crippen molar-refractivity contribution >= 4 is 11.7 Å². The fourth-order valence-electron chi connectivity index (χ4n) is 3.59. The summed E-state index contributed by atoms with van der Waals surface area (Å²) in [7, 11) is 1.27. The number of rotatable bonds is 8. The largest absolute Gasteiger partial charge is 0.496 e. The molecule has 1 heterocycles. The number of nitrogens with zero attached hydrogens (tertiary/aromatic N) is 2. The number of carbonyl (C=O) groups excluding carboxylic acids is 1. The fraction of sp³-hybridized carbons (Fsp3) is 0.333. The molecule has 1 N–H and O–H groups in total. The lowest BCUT2D eigenvalue weighted by Gasteiger charge is -2.20. The number of nitrogens with one attached hydrogen (secondary N) is 1. The van der Waals surface area contributed by atoms with Gasteiger partial charge >= 0.3 is 12.1 Å². The Morgan fingerprint density at radius 2 is 1.75 bits per heavy atom. The molecule has 0 saturated heterocycles. The van der Waals surface area contributed by atoms with Crippen molar-refractivity contribution in [2.45, 2.75) is 39.5 Å². The lowest BCUT2D eigenvalue weighted by atomic mass is 9.97. The molecular weight excluding hydrogens is 492 g/mol. The highest BCUT2D eigenvalue weighted by Gasteiger charge is 2.36. The molecule has 0 aliphatic carbocycles. The molecule has 0 amide bonds. The Labute approximate surface area is 202 Å². The molecule has 2 aromatic carbocycles. The summed E-state index contributed by atoms with van der Waals surface area (Å²) >= 11 is 0. The number of alkyl halides is 3. The SMILES string of the molecule is CCOC(=O)c1nn(CC)c(-c2ccc(N[C@H](C)C(F)(F)F)cc2OC)c1-c1ccc(F)c(F)c1F. The third-order valence-corrected chi connectivity index (χ3v) is 5.36. The third kappa shape index (κ3) is 5.12. The van der Waals surface area contributed by atoms with E-state index in [0.717, 1.165) is 13.0 Å². The summed E-state index contributed by atoms with van der Waals surface area (Å²) in [5.74, 6) is -5.59. The molecule has 36 heavy (non-hydrogen) atoms. The number of carbonyl (C=O) groups is 1. The molecule has 0 spiro atoms. The molecule has 194 valence electrons. The van der Waals surface area contributed by atoms with E-state index in [4.69, 9.17) is 9.47 Å². The van der Waals surface area contributed by atoms with Crippen LogP contribution >= 0.6 is 0 Å². The second kappa shape index (κ2) is 10.5. The Balaban J connectivity index is 2.30. The minimum absolute atomic E-state index is 0.0338. The number of ether oxygens (including phenoxy) is 2. The molecule has 0 aliphatic heterocycles. The van der Waals surface area contributed by atoms with Gasteiger partial charge in [0.25, 0.3) is 0 Å². The average Bonchev–Trinajstić information content (AvgIpc) is 3.21. The lowest BCUT2D eigenvalue weighted by Crippen LogP contribution is -2.33. The van der Waals surface area contributed by atoms with Crippen LogP contribution in [0.4, 0.5) is 32.0 Å². The molecule has 0 fully saturated rings. The first kappa shape index (κ1) is 26.9. The monoisotopic (exact) mass is 515 g/mol. The summed E-state index contributed by atoms with van der Waals surface area (Å²) in [6.45, 7) is 4.28. The maximum Gasteiger partial charge on any atom is 0.408 e. The summed E-state index contributed by atoms with van der Waals surface area (Å²) in [6.07, 6.45) is -4.50. The van der Waals surface area contributed by atoms with Gasteiger partial charge in [0, 0.05) is 35.0 Å². The summed E-state index contributed by atoms with van der Waals surface area (Å²) in [5, 5.41) is 6.53. The van der Waals surface area contributed by atoms with Crippen molar-refractivity contribution in [3.8, 4) is 28.1 Å². The molecule has 0 radical (unpaired) electrons. The van der Waals surface area contributed by atoms with Gasteiger partial charge in [-0.05, 0) is 45.0 Å². The Morgan fingerprint density at radius 3 is 2.33 bits per heavy atom. The van der Waals surface area contributed by atoms with Crippen LogP contribution < -0.4 is 10.1 Å². The van der Waals surface area contributed by atoms with Crippen LogP contribution in [0.3, 0.4) is 0 Å². The van der Waals surface area contributed by atoms with Crippen LogP contribution in [0.5, 0.6) is 5.75 Å². The molecule has 1 atom stereocenters. The topological polar surface area (TPSA) is 65.4 Å². The van der Waals surface area contributed by atoms with Gasteiger partial charge in [-0.2, -0.15) is 18.3 Å². The molecule has 1 aromatic heterocycles. The van der Waals surface area contributed by atoms with Gasteiger partial charge in [0.1, 0.15) is 11.8 Å². The van der Waals surface area contributed by atoms with Crippen LogP contribution in [0.1, 0.15) is 31.3 Å². The zero-order valence-corrected chi connectivity index (χ0v) is 19.8. The second-order valence-electron chi connectivity index (χ2n) is 7.65. The second-order valence-corrected chi connectivity index (χ2v) is 7.65. The van der Waals surface area contributed by atoms with Gasteiger partial charge in [-0.25, -0.2) is 18.0 Å². The smallest absolute Gasteiger partial charge is 0.408 e. The van der Waals surface area contributed by atoms with E-state index in [-0.39, 0.29) is 47.1 Å². The van der Waals surface area contributed by atoms with Gasteiger partial charge in [0.05, 0.1) is 19.4 Å². The zero-order valence-electron chi connectivity index (χ0n) is 19.8.